The van der Waals surface area contributed by atoms with Crippen LogP contribution in [0.25, 0.3) is 0 Å². The van der Waals surface area contributed by atoms with E-state index in [2.05, 4.69) is 17.2 Å². The highest BCUT2D eigenvalue weighted by molar-refractivity contribution is 7.11. The molecule has 0 unspecified atom stereocenters. The minimum atomic E-state index is -0.258. The van der Waals surface area contributed by atoms with E-state index in [0.717, 1.165) is 23.7 Å². The molecule has 0 saturated heterocycles. The number of thiazole rings is 1. The highest BCUT2D eigenvalue weighted by atomic mass is 32.1. The lowest BCUT2D eigenvalue weighted by molar-refractivity contribution is 0.305. The van der Waals surface area contributed by atoms with E-state index in [1.807, 2.05) is 7.05 Å². The summed E-state index contributed by atoms with van der Waals surface area (Å²) >= 11 is 1.66. The fourth-order valence-electron chi connectivity index (χ4n) is 1.75. The van der Waals surface area contributed by atoms with Gasteiger partial charge in [-0.15, -0.1) is 11.3 Å². The lowest BCUT2D eigenvalue weighted by Crippen LogP contribution is -2.05. The Morgan fingerprint density at radius 3 is 2.68 bits per heavy atom. The third-order valence-corrected chi connectivity index (χ3v) is 3.74. The fraction of sp³-hybridized carbons (Fsp3) is 0.357. The predicted octanol–water partition coefficient (Wildman–Crippen LogP) is 3.14. The van der Waals surface area contributed by atoms with E-state index in [9.17, 15) is 4.39 Å². The fourth-order valence-corrected chi connectivity index (χ4v) is 2.83. The molecule has 2 aromatic rings. The molecule has 0 aliphatic carbocycles. The molecule has 0 aliphatic heterocycles. The summed E-state index contributed by atoms with van der Waals surface area (Å²) < 4.78 is 18.4. The van der Waals surface area contributed by atoms with Crippen LogP contribution in [0.4, 0.5) is 4.39 Å². The van der Waals surface area contributed by atoms with E-state index in [-0.39, 0.29) is 5.82 Å². The van der Waals surface area contributed by atoms with Crippen molar-refractivity contribution < 1.29 is 9.13 Å². The van der Waals surface area contributed by atoms with E-state index in [1.54, 1.807) is 23.5 Å². The Morgan fingerprint density at radius 2 is 2.05 bits per heavy atom. The number of aryl methyl sites for hydroxylation is 1. The Balaban J connectivity index is 2.01. The average Bonchev–Trinajstić information content (AvgIpc) is 2.81. The molecule has 5 heteroatoms. The molecule has 0 radical (unpaired) electrons. The van der Waals surface area contributed by atoms with Gasteiger partial charge in [0.15, 0.2) is 0 Å². The van der Waals surface area contributed by atoms with Crippen molar-refractivity contribution in [1.29, 1.82) is 0 Å². The van der Waals surface area contributed by atoms with Crippen LogP contribution in [0.1, 0.15) is 22.5 Å². The second-order valence-corrected chi connectivity index (χ2v) is 5.27. The third-order valence-electron chi connectivity index (χ3n) is 2.67. The number of hydrogen-bond acceptors (Lipinski definition) is 4. The molecule has 0 saturated carbocycles. The van der Waals surface area contributed by atoms with E-state index in [1.165, 1.54) is 17.0 Å². The Bertz CT molecular complexity index is 525. The van der Waals surface area contributed by atoms with Crippen molar-refractivity contribution in [3.63, 3.8) is 0 Å². The number of benzene rings is 1. The smallest absolute Gasteiger partial charge is 0.140 e. The molecule has 1 heterocycles. The van der Waals surface area contributed by atoms with Gasteiger partial charge in [-0.25, -0.2) is 9.37 Å². The van der Waals surface area contributed by atoms with Crippen LogP contribution < -0.4 is 10.1 Å². The molecule has 1 aromatic heterocycles. The Hall–Kier alpha value is -1.46. The summed E-state index contributed by atoms with van der Waals surface area (Å²) in [4.78, 5) is 5.81. The minimum absolute atomic E-state index is 0.258. The monoisotopic (exact) mass is 280 g/mol. The van der Waals surface area contributed by atoms with Crippen LogP contribution in [0.3, 0.4) is 0 Å². The molecule has 19 heavy (non-hydrogen) atoms. The zero-order valence-electron chi connectivity index (χ0n) is 11.1. The first kappa shape index (κ1) is 14.0. The zero-order valence-corrected chi connectivity index (χ0v) is 11.9. The number of nitrogens with one attached hydrogen (secondary N) is 1. The first-order chi connectivity index (χ1) is 9.22. The molecule has 0 atom stereocenters. The van der Waals surface area contributed by atoms with Crippen LogP contribution in [0.2, 0.25) is 0 Å². The van der Waals surface area contributed by atoms with Crippen LogP contribution in [0, 0.1) is 5.82 Å². The van der Waals surface area contributed by atoms with E-state index < -0.39 is 0 Å². The second-order valence-electron chi connectivity index (χ2n) is 4.10. The molecule has 0 amide bonds. The van der Waals surface area contributed by atoms with Crippen molar-refractivity contribution in [1.82, 2.24) is 10.3 Å². The summed E-state index contributed by atoms with van der Waals surface area (Å²) in [6, 6.07) is 6.03. The first-order valence-electron chi connectivity index (χ1n) is 6.23. The summed E-state index contributed by atoms with van der Waals surface area (Å²) in [5.41, 5.74) is 1.12. The largest absolute Gasteiger partial charge is 0.486 e. The lowest BCUT2D eigenvalue weighted by atomic mass is 10.3. The molecule has 2 rings (SSSR count). The van der Waals surface area contributed by atoms with Crippen LogP contribution in [0.5, 0.6) is 5.75 Å². The first-order valence-corrected chi connectivity index (χ1v) is 7.05. The minimum Gasteiger partial charge on any atom is -0.486 e. The van der Waals surface area contributed by atoms with Crippen LogP contribution in [-0.2, 0) is 19.6 Å². The van der Waals surface area contributed by atoms with Crippen LogP contribution in [-0.4, -0.2) is 12.0 Å². The van der Waals surface area contributed by atoms with Gasteiger partial charge >= 0.3 is 0 Å². The molecule has 0 bridgehead atoms. The quantitative estimate of drug-likeness (QED) is 0.882. The molecule has 3 nitrogen and oxygen atoms in total. The summed E-state index contributed by atoms with van der Waals surface area (Å²) in [6.45, 7) is 3.35. The SMILES string of the molecule is CCc1nc(COc2ccc(F)cc2)sc1CNC. The molecule has 0 spiro atoms. The van der Waals surface area contributed by atoms with Crippen molar-refractivity contribution in [2.24, 2.45) is 0 Å². The van der Waals surface area contributed by atoms with Crippen molar-refractivity contribution in [3.8, 4) is 5.75 Å². The Labute approximate surface area is 116 Å². The maximum absolute atomic E-state index is 12.8. The zero-order chi connectivity index (χ0) is 13.7. The van der Waals surface area contributed by atoms with Gasteiger partial charge in [0, 0.05) is 11.4 Å². The summed E-state index contributed by atoms with van der Waals surface area (Å²) in [6.07, 6.45) is 0.921. The molecule has 0 fully saturated rings. The molecular formula is C14H17FN2OS. The van der Waals surface area contributed by atoms with Gasteiger partial charge in [0.25, 0.3) is 0 Å². The number of hydrogen-bond donors (Lipinski definition) is 1. The number of aromatic nitrogens is 1. The molecule has 0 aliphatic rings. The molecular weight excluding hydrogens is 263 g/mol. The molecule has 1 N–H and O–H groups in total. The second kappa shape index (κ2) is 6.63. The van der Waals surface area contributed by atoms with Gasteiger partial charge in [0.2, 0.25) is 0 Å². The van der Waals surface area contributed by atoms with Crippen molar-refractivity contribution in [3.05, 3.63) is 45.7 Å². The van der Waals surface area contributed by atoms with Gasteiger partial charge in [-0.05, 0) is 37.7 Å². The van der Waals surface area contributed by atoms with E-state index in [0.29, 0.717) is 12.4 Å². The number of halogens is 1. The Kier molecular flexibility index (Phi) is 4.87. The summed E-state index contributed by atoms with van der Waals surface area (Å²) in [5.74, 6) is 0.399. The lowest BCUT2D eigenvalue weighted by Gasteiger charge is -2.03. The van der Waals surface area contributed by atoms with Crippen molar-refractivity contribution in [2.45, 2.75) is 26.5 Å². The molecule has 1 aromatic carbocycles. The van der Waals surface area contributed by atoms with E-state index >= 15 is 0 Å². The average molecular weight is 280 g/mol. The topological polar surface area (TPSA) is 34.1 Å². The van der Waals surface area contributed by atoms with E-state index in [4.69, 9.17) is 4.74 Å². The standard InChI is InChI=1S/C14H17FN2OS/c1-3-12-13(8-16-2)19-14(17-12)9-18-11-6-4-10(15)5-7-11/h4-7,16H,3,8-9H2,1-2H3. The highest BCUT2D eigenvalue weighted by Gasteiger charge is 2.09. The Morgan fingerprint density at radius 1 is 1.32 bits per heavy atom. The third kappa shape index (κ3) is 3.75. The van der Waals surface area contributed by atoms with Gasteiger partial charge in [-0.2, -0.15) is 0 Å². The van der Waals surface area contributed by atoms with Gasteiger partial charge in [-0.3, -0.25) is 0 Å². The van der Waals surface area contributed by atoms with Crippen molar-refractivity contribution in [2.75, 3.05) is 7.05 Å². The normalized spacial score (nSPS) is 10.7. The maximum Gasteiger partial charge on any atom is 0.140 e. The van der Waals surface area contributed by atoms with Crippen molar-refractivity contribution >= 4 is 11.3 Å². The van der Waals surface area contributed by atoms with Gasteiger partial charge in [0.05, 0.1) is 5.69 Å². The van der Waals surface area contributed by atoms with Crippen LogP contribution in [0.15, 0.2) is 24.3 Å². The number of ether oxygens (including phenoxy) is 1. The van der Waals surface area contributed by atoms with Crippen LogP contribution >= 0.6 is 11.3 Å². The number of rotatable bonds is 6. The van der Waals surface area contributed by atoms with Gasteiger partial charge < -0.3 is 10.1 Å². The summed E-state index contributed by atoms with van der Waals surface area (Å²) in [7, 11) is 1.92. The molecule has 102 valence electrons. The predicted molar refractivity (Wildman–Crippen MR) is 75.0 cm³/mol. The summed E-state index contributed by atoms with van der Waals surface area (Å²) in [5, 5.41) is 4.09. The van der Waals surface area contributed by atoms with Gasteiger partial charge in [0.1, 0.15) is 23.2 Å². The maximum atomic E-state index is 12.8. The number of nitrogens with zero attached hydrogens (tertiary/aromatic N) is 1. The van der Waals surface area contributed by atoms with Gasteiger partial charge in [-0.1, -0.05) is 6.92 Å². The highest BCUT2D eigenvalue weighted by Crippen LogP contribution is 2.21.